The molecule has 0 aromatic rings. The molecule has 0 aromatic heterocycles. The topological polar surface area (TPSA) is 36.9 Å². The third-order valence-corrected chi connectivity index (χ3v) is 1.70. The van der Waals surface area contributed by atoms with Gasteiger partial charge in [-0.05, 0) is 20.8 Å². The predicted octanol–water partition coefficient (Wildman–Crippen LogP) is 1.44. The summed E-state index contributed by atoms with van der Waals surface area (Å²) in [4.78, 5) is 0. The van der Waals surface area contributed by atoms with Crippen LogP contribution in [0.5, 0.6) is 0 Å². The molecule has 0 N–H and O–H groups in total. The van der Waals surface area contributed by atoms with Gasteiger partial charge in [0.05, 0.1) is 13.2 Å². The van der Waals surface area contributed by atoms with Crippen molar-refractivity contribution in [1.82, 2.24) is 0 Å². The first kappa shape index (κ1) is 13.8. The lowest BCUT2D eigenvalue weighted by molar-refractivity contribution is -0.247. The SMILES string of the molecule is CCOC(C)(COCCOC)OCC. The van der Waals surface area contributed by atoms with Crippen molar-refractivity contribution in [3.8, 4) is 0 Å². The Bertz CT molecular complexity index is 121. The Labute approximate surface area is 86.5 Å². The van der Waals surface area contributed by atoms with E-state index >= 15 is 0 Å². The lowest BCUT2D eigenvalue weighted by Crippen LogP contribution is -2.38. The summed E-state index contributed by atoms with van der Waals surface area (Å²) in [6, 6.07) is 0. The lowest BCUT2D eigenvalue weighted by Gasteiger charge is -2.28. The van der Waals surface area contributed by atoms with E-state index < -0.39 is 5.79 Å². The molecule has 0 amide bonds. The van der Waals surface area contributed by atoms with Crippen LogP contribution in [0.25, 0.3) is 0 Å². The Balaban J connectivity index is 3.71. The van der Waals surface area contributed by atoms with E-state index in [0.717, 1.165) is 0 Å². The third kappa shape index (κ3) is 6.32. The average molecular weight is 206 g/mol. The summed E-state index contributed by atoms with van der Waals surface area (Å²) < 4.78 is 21.2. The summed E-state index contributed by atoms with van der Waals surface area (Å²) in [5.74, 6) is -0.628. The van der Waals surface area contributed by atoms with E-state index in [1.54, 1.807) is 7.11 Å². The van der Waals surface area contributed by atoms with Crippen LogP contribution in [0.2, 0.25) is 0 Å². The Morgan fingerprint density at radius 1 is 1.00 bits per heavy atom. The van der Waals surface area contributed by atoms with Crippen LogP contribution in [0.3, 0.4) is 0 Å². The maximum atomic E-state index is 5.46. The fourth-order valence-electron chi connectivity index (χ4n) is 1.14. The minimum absolute atomic E-state index is 0.429. The molecule has 4 nitrogen and oxygen atoms in total. The molecule has 0 radical (unpaired) electrons. The van der Waals surface area contributed by atoms with Gasteiger partial charge in [-0.2, -0.15) is 0 Å². The zero-order valence-electron chi connectivity index (χ0n) is 9.67. The highest BCUT2D eigenvalue weighted by molar-refractivity contribution is 4.61. The van der Waals surface area contributed by atoms with Crippen LogP contribution < -0.4 is 0 Å². The van der Waals surface area contributed by atoms with Gasteiger partial charge in [0, 0.05) is 20.3 Å². The monoisotopic (exact) mass is 206 g/mol. The van der Waals surface area contributed by atoms with E-state index in [0.29, 0.717) is 33.0 Å². The molecule has 0 aliphatic heterocycles. The first-order chi connectivity index (χ1) is 6.68. The number of hydrogen-bond acceptors (Lipinski definition) is 4. The second-order valence-corrected chi connectivity index (χ2v) is 3.05. The highest BCUT2D eigenvalue weighted by atomic mass is 16.7. The van der Waals surface area contributed by atoms with E-state index in [-0.39, 0.29) is 0 Å². The van der Waals surface area contributed by atoms with Crippen LogP contribution in [-0.2, 0) is 18.9 Å². The summed E-state index contributed by atoms with van der Waals surface area (Å²) in [7, 11) is 1.65. The fraction of sp³-hybridized carbons (Fsp3) is 1.00. The maximum absolute atomic E-state index is 5.46. The van der Waals surface area contributed by atoms with Gasteiger partial charge in [-0.1, -0.05) is 0 Å². The number of ether oxygens (including phenoxy) is 4. The summed E-state index contributed by atoms with van der Waals surface area (Å²) in [6.45, 7) is 8.57. The second-order valence-electron chi connectivity index (χ2n) is 3.05. The Morgan fingerprint density at radius 3 is 2.00 bits per heavy atom. The lowest BCUT2D eigenvalue weighted by atomic mass is 10.3. The largest absolute Gasteiger partial charge is 0.382 e. The van der Waals surface area contributed by atoms with Crippen LogP contribution in [0.4, 0.5) is 0 Å². The van der Waals surface area contributed by atoms with Crippen molar-refractivity contribution in [3.05, 3.63) is 0 Å². The molecule has 0 bridgehead atoms. The van der Waals surface area contributed by atoms with Gasteiger partial charge in [0.25, 0.3) is 0 Å². The van der Waals surface area contributed by atoms with Crippen molar-refractivity contribution in [2.24, 2.45) is 0 Å². The first-order valence-corrected chi connectivity index (χ1v) is 5.03. The van der Waals surface area contributed by atoms with Crippen LogP contribution in [0.15, 0.2) is 0 Å². The normalized spacial score (nSPS) is 12.0. The molecule has 0 rings (SSSR count). The van der Waals surface area contributed by atoms with Gasteiger partial charge in [0.1, 0.15) is 6.61 Å². The van der Waals surface area contributed by atoms with Crippen LogP contribution in [-0.4, -0.2) is 45.9 Å². The maximum Gasteiger partial charge on any atom is 0.188 e. The quantitative estimate of drug-likeness (QED) is 0.422. The molecule has 0 aromatic carbocycles. The first-order valence-electron chi connectivity index (χ1n) is 5.03. The van der Waals surface area contributed by atoms with Gasteiger partial charge >= 0.3 is 0 Å². The van der Waals surface area contributed by atoms with Crippen molar-refractivity contribution in [2.45, 2.75) is 26.6 Å². The number of rotatable bonds is 9. The molecule has 0 aliphatic carbocycles. The minimum atomic E-state index is -0.628. The van der Waals surface area contributed by atoms with Gasteiger partial charge < -0.3 is 18.9 Å². The third-order valence-electron chi connectivity index (χ3n) is 1.70. The molecule has 4 heteroatoms. The van der Waals surface area contributed by atoms with Gasteiger partial charge in [0.2, 0.25) is 0 Å². The summed E-state index contributed by atoms with van der Waals surface area (Å²) >= 11 is 0. The molecule has 0 heterocycles. The zero-order chi connectivity index (χ0) is 10.9. The Hall–Kier alpha value is -0.160. The fourth-order valence-corrected chi connectivity index (χ4v) is 1.14. The molecule has 0 saturated carbocycles. The van der Waals surface area contributed by atoms with E-state index in [2.05, 4.69) is 0 Å². The van der Waals surface area contributed by atoms with Crippen molar-refractivity contribution in [2.75, 3.05) is 40.1 Å². The Kier molecular flexibility index (Phi) is 8.08. The van der Waals surface area contributed by atoms with Crippen molar-refractivity contribution < 1.29 is 18.9 Å². The van der Waals surface area contributed by atoms with Crippen molar-refractivity contribution >= 4 is 0 Å². The average Bonchev–Trinajstić information content (AvgIpc) is 2.13. The molecule has 0 atom stereocenters. The van der Waals surface area contributed by atoms with Crippen LogP contribution in [0.1, 0.15) is 20.8 Å². The van der Waals surface area contributed by atoms with Gasteiger partial charge in [-0.3, -0.25) is 0 Å². The molecular weight excluding hydrogens is 184 g/mol. The van der Waals surface area contributed by atoms with Gasteiger partial charge in [0.15, 0.2) is 5.79 Å². The Morgan fingerprint density at radius 2 is 1.57 bits per heavy atom. The molecule has 0 unspecified atom stereocenters. The molecule has 14 heavy (non-hydrogen) atoms. The van der Waals surface area contributed by atoms with Crippen molar-refractivity contribution in [1.29, 1.82) is 0 Å². The minimum Gasteiger partial charge on any atom is -0.382 e. The molecule has 0 spiro atoms. The number of methoxy groups -OCH3 is 1. The number of hydrogen-bond donors (Lipinski definition) is 0. The standard InChI is InChI=1S/C10H22O4/c1-5-13-10(3,14-6-2)9-12-8-7-11-4/h5-9H2,1-4H3. The molecule has 0 aliphatic rings. The van der Waals surface area contributed by atoms with Gasteiger partial charge in [-0.25, -0.2) is 0 Å². The van der Waals surface area contributed by atoms with Crippen LogP contribution >= 0.6 is 0 Å². The highest BCUT2D eigenvalue weighted by Gasteiger charge is 2.24. The zero-order valence-corrected chi connectivity index (χ0v) is 9.67. The van der Waals surface area contributed by atoms with E-state index in [9.17, 15) is 0 Å². The summed E-state index contributed by atoms with van der Waals surface area (Å²) in [5, 5.41) is 0. The van der Waals surface area contributed by atoms with E-state index in [1.807, 2.05) is 20.8 Å². The highest BCUT2D eigenvalue weighted by Crippen LogP contribution is 2.12. The van der Waals surface area contributed by atoms with Crippen molar-refractivity contribution in [3.63, 3.8) is 0 Å². The molecule has 0 fully saturated rings. The second kappa shape index (κ2) is 8.17. The van der Waals surface area contributed by atoms with E-state index in [1.165, 1.54) is 0 Å². The summed E-state index contributed by atoms with van der Waals surface area (Å²) in [5.41, 5.74) is 0. The summed E-state index contributed by atoms with van der Waals surface area (Å²) in [6.07, 6.45) is 0. The van der Waals surface area contributed by atoms with Crippen LogP contribution in [0, 0.1) is 0 Å². The molecule has 86 valence electrons. The molecular formula is C10H22O4. The smallest absolute Gasteiger partial charge is 0.188 e. The predicted molar refractivity (Wildman–Crippen MR) is 54.4 cm³/mol. The van der Waals surface area contributed by atoms with Gasteiger partial charge in [-0.15, -0.1) is 0 Å². The van der Waals surface area contributed by atoms with E-state index in [4.69, 9.17) is 18.9 Å². The molecule has 0 saturated heterocycles.